The van der Waals surface area contributed by atoms with Crippen molar-refractivity contribution >= 4 is 29.1 Å². The van der Waals surface area contributed by atoms with Crippen LogP contribution in [0.25, 0.3) is 4.85 Å². The highest BCUT2D eigenvalue weighted by Gasteiger charge is 2.18. The Kier molecular flexibility index (Phi) is 9.26. The number of urea groups is 1. The van der Waals surface area contributed by atoms with Crippen molar-refractivity contribution in [2.75, 3.05) is 17.7 Å². The second-order valence-corrected chi connectivity index (χ2v) is 7.70. The van der Waals surface area contributed by atoms with Gasteiger partial charge in [-0.2, -0.15) is 5.26 Å². The van der Waals surface area contributed by atoms with Crippen molar-refractivity contribution < 1.29 is 19.1 Å². The summed E-state index contributed by atoms with van der Waals surface area (Å²) in [6.07, 6.45) is 0.546. The minimum Gasteiger partial charge on any atom is -0.508 e. The van der Waals surface area contributed by atoms with Crippen LogP contribution in [0.4, 0.5) is 21.9 Å². The third-order valence-corrected chi connectivity index (χ3v) is 5.03. The molecule has 0 fully saturated rings. The molecule has 0 saturated carbocycles. The van der Waals surface area contributed by atoms with Crippen molar-refractivity contribution in [1.29, 1.82) is 5.26 Å². The minimum absolute atomic E-state index is 0.133. The van der Waals surface area contributed by atoms with Gasteiger partial charge in [-0.05, 0) is 54.7 Å². The number of amides is 2. The van der Waals surface area contributed by atoms with E-state index in [0.29, 0.717) is 29.2 Å². The second kappa shape index (κ2) is 12.1. The summed E-state index contributed by atoms with van der Waals surface area (Å²) in [5.41, 5.74) is 3.25. The van der Waals surface area contributed by atoms with E-state index in [0.717, 1.165) is 11.1 Å². The number of rotatable bonds is 9. The van der Waals surface area contributed by atoms with Gasteiger partial charge in [0, 0.05) is 11.4 Å². The lowest BCUT2D eigenvalue weighted by Crippen LogP contribution is -2.20. The first-order valence-corrected chi connectivity index (χ1v) is 10.6. The van der Waals surface area contributed by atoms with Crippen molar-refractivity contribution in [3.8, 4) is 11.8 Å². The zero-order valence-electron chi connectivity index (χ0n) is 19.3. The largest absolute Gasteiger partial charge is 0.508 e. The van der Waals surface area contributed by atoms with Crippen LogP contribution in [0, 0.1) is 24.8 Å². The van der Waals surface area contributed by atoms with Crippen LogP contribution in [0.3, 0.4) is 0 Å². The Morgan fingerprint density at radius 2 is 1.91 bits per heavy atom. The molecule has 0 aliphatic rings. The van der Waals surface area contributed by atoms with E-state index in [4.69, 9.17) is 21.3 Å². The molecule has 2 aromatic carbocycles. The maximum atomic E-state index is 12.5. The lowest BCUT2D eigenvalue weighted by Gasteiger charge is -2.17. The van der Waals surface area contributed by atoms with Crippen LogP contribution >= 0.6 is 0 Å². The summed E-state index contributed by atoms with van der Waals surface area (Å²) < 4.78 is 10.6. The Morgan fingerprint density at radius 3 is 2.55 bits per heavy atom. The number of esters is 1. The molecule has 33 heavy (non-hydrogen) atoms. The summed E-state index contributed by atoms with van der Waals surface area (Å²) in [6.45, 7) is 12.8. The molecule has 2 rings (SSSR count). The van der Waals surface area contributed by atoms with Gasteiger partial charge in [-0.15, -0.1) is 0 Å². The fraction of sp³-hybridized carbons (Fsp3) is 0.360. The number of carbonyl (C=O) groups is 2. The fourth-order valence-electron chi connectivity index (χ4n) is 3.28. The van der Waals surface area contributed by atoms with E-state index in [9.17, 15) is 9.59 Å². The molecule has 0 spiro atoms. The molecule has 0 bridgehead atoms. The molecule has 2 N–H and O–H groups in total. The molecule has 0 aromatic heterocycles. The van der Waals surface area contributed by atoms with Crippen LogP contribution in [0.2, 0.25) is 0 Å². The van der Waals surface area contributed by atoms with E-state index in [1.807, 2.05) is 45.0 Å². The molecule has 0 aliphatic carbocycles. The highest BCUT2D eigenvalue weighted by Crippen LogP contribution is 2.30. The van der Waals surface area contributed by atoms with Gasteiger partial charge in [0.15, 0.2) is 0 Å². The predicted octanol–water partition coefficient (Wildman–Crippen LogP) is 5.93. The maximum Gasteiger partial charge on any atom is 0.323 e. The first-order chi connectivity index (χ1) is 15.8. The zero-order valence-corrected chi connectivity index (χ0v) is 19.3. The SMILES string of the molecule is [C-]#[N+]c1ccc(NC(=O)Nc2cc(C)cc([C@H](C)CC(=O)O[C@H](CC)CC#N)c2)cc1OC. The highest BCUT2D eigenvalue weighted by molar-refractivity contribution is 6.00. The minimum atomic E-state index is -0.446. The topological polar surface area (TPSA) is 105 Å². The highest BCUT2D eigenvalue weighted by atomic mass is 16.5. The van der Waals surface area contributed by atoms with E-state index in [-0.39, 0.29) is 24.7 Å². The molecule has 0 heterocycles. The number of hydrogen-bond donors (Lipinski definition) is 2. The van der Waals surface area contributed by atoms with E-state index in [2.05, 4.69) is 15.5 Å². The quantitative estimate of drug-likeness (QED) is 0.365. The average molecular weight is 449 g/mol. The molecule has 172 valence electrons. The van der Waals surface area contributed by atoms with Gasteiger partial charge >= 0.3 is 12.0 Å². The summed E-state index contributed by atoms with van der Waals surface area (Å²) in [6, 6.07) is 12.0. The smallest absolute Gasteiger partial charge is 0.323 e. The van der Waals surface area contributed by atoms with E-state index in [1.165, 1.54) is 7.11 Å². The Bertz CT molecular complexity index is 1080. The predicted molar refractivity (Wildman–Crippen MR) is 127 cm³/mol. The molecule has 8 heteroatoms. The van der Waals surface area contributed by atoms with Gasteiger partial charge < -0.3 is 20.1 Å². The summed E-state index contributed by atoms with van der Waals surface area (Å²) in [5, 5.41) is 14.3. The number of hydrogen-bond acceptors (Lipinski definition) is 5. The van der Waals surface area contributed by atoms with Gasteiger partial charge in [-0.25, -0.2) is 9.64 Å². The van der Waals surface area contributed by atoms with Crippen molar-refractivity contribution in [1.82, 2.24) is 0 Å². The molecule has 0 unspecified atom stereocenters. The molecule has 0 aliphatic heterocycles. The van der Waals surface area contributed by atoms with Crippen LogP contribution in [-0.4, -0.2) is 25.2 Å². The molecule has 2 amide bonds. The average Bonchev–Trinajstić information content (AvgIpc) is 2.78. The number of benzene rings is 2. The first-order valence-electron chi connectivity index (χ1n) is 10.6. The lowest BCUT2D eigenvalue weighted by molar-refractivity contribution is -0.149. The van der Waals surface area contributed by atoms with Gasteiger partial charge in [0.25, 0.3) is 0 Å². The second-order valence-electron chi connectivity index (χ2n) is 7.70. The molecular weight excluding hydrogens is 420 g/mol. The molecule has 2 atom stereocenters. The number of methoxy groups -OCH3 is 1. The number of ether oxygens (including phenoxy) is 2. The van der Waals surface area contributed by atoms with Crippen molar-refractivity contribution in [2.45, 2.75) is 52.1 Å². The summed E-state index contributed by atoms with van der Waals surface area (Å²) in [4.78, 5) is 28.1. The van der Waals surface area contributed by atoms with Gasteiger partial charge in [-0.1, -0.05) is 26.0 Å². The van der Waals surface area contributed by atoms with Crippen molar-refractivity contribution in [2.24, 2.45) is 0 Å². The Morgan fingerprint density at radius 1 is 1.18 bits per heavy atom. The van der Waals surface area contributed by atoms with E-state index >= 15 is 0 Å². The number of nitriles is 1. The molecule has 8 nitrogen and oxygen atoms in total. The van der Waals surface area contributed by atoms with Crippen molar-refractivity contribution in [3.63, 3.8) is 0 Å². The fourth-order valence-corrected chi connectivity index (χ4v) is 3.28. The van der Waals surface area contributed by atoms with Gasteiger partial charge in [0.05, 0.1) is 32.6 Å². The first kappa shape index (κ1) is 25.2. The van der Waals surface area contributed by atoms with Crippen molar-refractivity contribution in [3.05, 3.63) is 58.9 Å². The van der Waals surface area contributed by atoms with Crippen LogP contribution < -0.4 is 15.4 Å². The summed E-state index contributed by atoms with van der Waals surface area (Å²) in [5.74, 6) is -0.109. The Balaban J connectivity index is 2.05. The number of nitrogens with zero attached hydrogens (tertiary/aromatic N) is 2. The molecular formula is C25H28N4O4. The number of carbonyl (C=O) groups excluding carboxylic acids is 2. The third-order valence-electron chi connectivity index (χ3n) is 5.03. The lowest BCUT2D eigenvalue weighted by atomic mass is 9.95. The van der Waals surface area contributed by atoms with Gasteiger partial charge in [0.1, 0.15) is 11.9 Å². The third kappa shape index (κ3) is 7.55. The number of nitrogens with one attached hydrogen (secondary N) is 2. The number of aryl methyl sites for hydroxylation is 1. The number of anilines is 2. The standard InChI is InChI=1S/C25H28N4O4/c1-6-21(9-10-26)33-24(30)13-17(3)18-11-16(2)12-20(14-18)29-25(31)28-19-7-8-22(27-4)23(15-19)32-5/h7-8,11-12,14-15,17,21H,6,9,13H2,1-3,5H3,(H2,28,29,31)/t17-,21-/m1/s1. The molecule has 0 radical (unpaired) electrons. The van der Waals surface area contributed by atoms with Gasteiger partial charge in [-0.3, -0.25) is 4.79 Å². The summed E-state index contributed by atoms with van der Waals surface area (Å²) >= 11 is 0. The zero-order chi connectivity index (χ0) is 24.4. The van der Waals surface area contributed by atoms with Crippen LogP contribution in [0.1, 0.15) is 50.2 Å². The van der Waals surface area contributed by atoms with E-state index < -0.39 is 12.1 Å². The van der Waals surface area contributed by atoms with Gasteiger partial charge in [0.2, 0.25) is 5.69 Å². The van der Waals surface area contributed by atoms with Crippen LogP contribution in [0.15, 0.2) is 36.4 Å². The maximum absolute atomic E-state index is 12.5. The molecule has 0 saturated heterocycles. The Hall–Kier alpha value is -4.04. The van der Waals surface area contributed by atoms with Crippen LogP contribution in [0.5, 0.6) is 5.75 Å². The van der Waals surface area contributed by atoms with Crippen LogP contribution in [-0.2, 0) is 9.53 Å². The van der Waals surface area contributed by atoms with E-state index in [1.54, 1.807) is 18.2 Å². The summed E-state index contributed by atoms with van der Waals surface area (Å²) in [7, 11) is 1.46. The normalized spacial score (nSPS) is 11.9. The monoisotopic (exact) mass is 448 g/mol. The molecule has 2 aromatic rings. The Labute approximate surface area is 194 Å².